The average molecular weight is 542 g/mol. The lowest BCUT2D eigenvalue weighted by Gasteiger charge is -2.18. The Kier molecular flexibility index (Phi) is 7.51. The molecule has 5 nitrogen and oxygen atoms in total. The second kappa shape index (κ2) is 10.7. The molecule has 4 aromatic rings. The lowest BCUT2D eigenvalue weighted by molar-refractivity contribution is -0.0504. The third kappa shape index (κ3) is 5.54. The fraction of sp³-hybridized carbons (Fsp3) is 0.148. The van der Waals surface area contributed by atoms with Gasteiger partial charge in [0.2, 0.25) is 0 Å². The highest BCUT2D eigenvalue weighted by Crippen LogP contribution is 2.37. The molecule has 1 aromatic heterocycles. The van der Waals surface area contributed by atoms with Gasteiger partial charge >= 0.3 is 12.6 Å². The topological polar surface area (TPSA) is 49.7 Å². The van der Waals surface area contributed by atoms with Crippen molar-refractivity contribution in [2.24, 2.45) is 0 Å². The lowest BCUT2D eigenvalue weighted by atomic mass is 10.1. The number of ether oxygens (including phenoxy) is 3. The van der Waals surface area contributed by atoms with Crippen molar-refractivity contribution in [3.8, 4) is 28.4 Å². The van der Waals surface area contributed by atoms with E-state index in [9.17, 15) is 13.6 Å². The second-order valence-electron chi connectivity index (χ2n) is 7.66. The van der Waals surface area contributed by atoms with Crippen molar-refractivity contribution < 1.29 is 27.8 Å². The Bertz CT molecular complexity index is 1340. The van der Waals surface area contributed by atoms with Gasteiger partial charge in [-0.2, -0.15) is 8.78 Å². The van der Waals surface area contributed by atoms with Crippen LogP contribution < -0.4 is 9.47 Å². The molecule has 0 saturated carbocycles. The molecule has 0 bridgehead atoms. The fourth-order valence-corrected chi connectivity index (χ4v) is 4.14. The van der Waals surface area contributed by atoms with Crippen LogP contribution in [0.25, 0.3) is 16.9 Å². The number of hydrogen-bond donors (Lipinski definition) is 0. The molecule has 0 aliphatic carbocycles. The number of methoxy groups -OCH3 is 1. The monoisotopic (exact) mass is 541 g/mol. The Balaban J connectivity index is 1.78. The summed E-state index contributed by atoms with van der Waals surface area (Å²) in [6.07, 6.45) is 0. The Morgan fingerprint density at radius 2 is 1.71 bits per heavy atom. The van der Waals surface area contributed by atoms with Crippen LogP contribution in [0.4, 0.5) is 8.78 Å². The van der Waals surface area contributed by atoms with Crippen LogP contribution in [-0.4, -0.2) is 24.3 Å². The molecule has 0 saturated heterocycles. The van der Waals surface area contributed by atoms with Crippen LogP contribution in [0, 0.1) is 6.92 Å². The van der Waals surface area contributed by atoms with Crippen molar-refractivity contribution in [3.63, 3.8) is 0 Å². The maximum atomic E-state index is 12.9. The molecule has 35 heavy (non-hydrogen) atoms. The number of nitrogens with zero attached hydrogens (tertiary/aromatic N) is 1. The first-order valence-electron chi connectivity index (χ1n) is 10.7. The summed E-state index contributed by atoms with van der Waals surface area (Å²) in [5.74, 6) is -0.359. The molecular weight excluding hydrogens is 520 g/mol. The Morgan fingerprint density at radius 1 is 0.971 bits per heavy atom. The predicted molar refractivity (Wildman–Crippen MR) is 132 cm³/mol. The zero-order valence-electron chi connectivity index (χ0n) is 19.0. The van der Waals surface area contributed by atoms with Gasteiger partial charge in [-0.15, -0.1) is 0 Å². The molecule has 8 heteroatoms. The number of carbonyl (C=O) groups excluding carboxylic acids is 1. The molecule has 0 aliphatic rings. The average Bonchev–Trinajstić information content (AvgIpc) is 3.24. The highest BCUT2D eigenvalue weighted by atomic mass is 79.9. The molecule has 0 amide bonds. The SMILES string of the molecule is COC(=O)c1cc(-n2c(C)ccc2-c2cc(Br)ccc2OCc2ccccc2)ccc1OC(F)F. The van der Waals surface area contributed by atoms with Gasteiger partial charge in [0, 0.05) is 21.4 Å². The molecule has 0 radical (unpaired) electrons. The summed E-state index contributed by atoms with van der Waals surface area (Å²) in [6.45, 7) is -0.770. The number of halogens is 3. The fourth-order valence-electron chi connectivity index (χ4n) is 3.78. The number of rotatable bonds is 8. The van der Waals surface area contributed by atoms with Crippen LogP contribution in [-0.2, 0) is 11.3 Å². The highest BCUT2D eigenvalue weighted by Gasteiger charge is 2.20. The van der Waals surface area contributed by atoms with Crippen LogP contribution in [0.1, 0.15) is 21.6 Å². The minimum atomic E-state index is -3.07. The number of alkyl halides is 2. The van der Waals surface area contributed by atoms with Gasteiger partial charge in [0.05, 0.1) is 12.8 Å². The minimum absolute atomic E-state index is 0.0980. The van der Waals surface area contributed by atoms with E-state index in [1.807, 2.05) is 72.2 Å². The molecule has 3 aromatic carbocycles. The standard InChI is InChI=1S/C27H22BrF2NO4/c1-17-8-11-23(21-14-19(28)9-12-24(21)34-16-18-6-4-3-5-7-18)31(17)20-10-13-25(35-27(29)30)22(15-20)26(32)33-2/h3-15,27H,16H2,1-2H3. The molecule has 0 aliphatic heterocycles. The number of aryl methyl sites for hydroxylation is 1. The summed E-state index contributed by atoms with van der Waals surface area (Å²) >= 11 is 3.54. The molecule has 0 spiro atoms. The first kappa shape index (κ1) is 24.5. The third-order valence-corrected chi connectivity index (χ3v) is 5.87. The van der Waals surface area contributed by atoms with Crippen LogP contribution in [0.5, 0.6) is 11.5 Å². The first-order chi connectivity index (χ1) is 16.9. The van der Waals surface area contributed by atoms with Crippen LogP contribution in [0.3, 0.4) is 0 Å². The van der Waals surface area contributed by atoms with E-state index < -0.39 is 12.6 Å². The molecule has 0 unspecified atom stereocenters. The molecule has 4 rings (SSSR count). The lowest BCUT2D eigenvalue weighted by Crippen LogP contribution is -2.10. The van der Waals surface area contributed by atoms with Crippen LogP contribution in [0.15, 0.2) is 83.3 Å². The van der Waals surface area contributed by atoms with Gasteiger partial charge in [0.1, 0.15) is 23.7 Å². The summed E-state index contributed by atoms with van der Waals surface area (Å²) in [7, 11) is 1.19. The third-order valence-electron chi connectivity index (χ3n) is 5.37. The van der Waals surface area contributed by atoms with Crippen molar-refractivity contribution in [3.05, 3.63) is 100 Å². The van der Waals surface area contributed by atoms with Gasteiger partial charge in [-0.1, -0.05) is 46.3 Å². The number of hydrogen-bond acceptors (Lipinski definition) is 4. The maximum absolute atomic E-state index is 12.9. The van der Waals surface area contributed by atoms with Gasteiger partial charge in [-0.25, -0.2) is 4.79 Å². The predicted octanol–water partition coefficient (Wildman–Crippen LogP) is 7.18. The van der Waals surface area contributed by atoms with Crippen molar-refractivity contribution in [1.29, 1.82) is 0 Å². The van der Waals surface area contributed by atoms with E-state index in [0.29, 0.717) is 18.0 Å². The van der Waals surface area contributed by atoms with Gasteiger partial charge in [-0.05, 0) is 61.0 Å². The number of benzene rings is 3. The van der Waals surface area contributed by atoms with Crippen molar-refractivity contribution in [2.75, 3.05) is 7.11 Å². The molecule has 0 N–H and O–H groups in total. The smallest absolute Gasteiger partial charge is 0.387 e. The summed E-state index contributed by atoms with van der Waals surface area (Å²) < 4.78 is 44.0. The zero-order chi connectivity index (χ0) is 24.9. The molecule has 1 heterocycles. The van der Waals surface area contributed by atoms with Crippen LogP contribution >= 0.6 is 15.9 Å². The molecule has 0 fully saturated rings. The van der Waals surface area contributed by atoms with Crippen molar-refractivity contribution in [1.82, 2.24) is 4.57 Å². The van der Waals surface area contributed by atoms with E-state index >= 15 is 0 Å². The second-order valence-corrected chi connectivity index (χ2v) is 8.58. The largest absolute Gasteiger partial charge is 0.488 e. The van der Waals surface area contributed by atoms with Gasteiger partial charge in [0.25, 0.3) is 0 Å². The quantitative estimate of drug-likeness (QED) is 0.221. The van der Waals surface area contributed by atoms with Gasteiger partial charge in [0.15, 0.2) is 0 Å². The number of esters is 1. The van der Waals surface area contributed by atoms with E-state index in [1.54, 1.807) is 6.07 Å². The first-order valence-corrected chi connectivity index (χ1v) is 11.5. The van der Waals surface area contributed by atoms with E-state index in [-0.39, 0.29) is 11.3 Å². The van der Waals surface area contributed by atoms with Crippen molar-refractivity contribution in [2.45, 2.75) is 20.1 Å². The summed E-state index contributed by atoms with van der Waals surface area (Å²) in [4.78, 5) is 12.3. The minimum Gasteiger partial charge on any atom is -0.488 e. The normalized spacial score (nSPS) is 10.9. The van der Waals surface area contributed by atoms with E-state index in [0.717, 1.165) is 27.0 Å². The van der Waals surface area contributed by atoms with E-state index in [4.69, 9.17) is 9.47 Å². The van der Waals surface area contributed by atoms with Gasteiger partial charge < -0.3 is 18.8 Å². The van der Waals surface area contributed by atoms with Crippen LogP contribution in [0.2, 0.25) is 0 Å². The Labute approximate surface area is 210 Å². The number of aromatic nitrogens is 1. The van der Waals surface area contributed by atoms with Crippen molar-refractivity contribution >= 4 is 21.9 Å². The molecule has 180 valence electrons. The van der Waals surface area contributed by atoms with Gasteiger partial charge in [-0.3, -0.25) is 0 Å². The highest BCUT2D eigenvalue weighted by molar-refractivity contribution is 9.10. The summed E-state index contributed by atoms with van der Waals surface area (Å²) in [5.41, 5.74) is 4.00. The number of carbonyl (C=O) groups is 1. The maximum Gasteiger partial charge on any atom is 0.387 e. The van der Waals surface area contributed by atoms with E-state index in [2.05, 4.69) is 20.7 Å². The molecule has 0 atom stereocenters. The Morgan fingerprint density at radius 3 is 2.43 bits per heavy atom. The summed E-state index contributed by atoms with van der Waals surface area (Å²) in [5, 5.41) is 0. The Hall–Kier alpha value is -3.65. The molecular formula is C27H22BrF2NO4. The zero-order valence-corrected chi connectivity index (χ0v) is 20.6. The van der Waals surface area contributed by atoms with E-state index in [1.165, 1.54) is 19.2 Å². The summed E-state index contributed by atoms with van der Waals surface area (Å²) in [6, 6.07) is 23.9.